The Hall–Kier alpha value is -1.56. The second kappa shape index (κ2) is 5.18. The predicted octanol–water partition coefficient (Wildman–Crippen LogP) is 0.757. The highest BCUT2D eigenvalue weighted by atomic mass is 32.1. The van der Waals surface area contributed by atoms with Crippen LogP contribution in [-0.2, 0) is 0 Å². The predicted molar refractivity (Wildman–Crippen MR) is 67.5 cm³/mol. The number of carbonyl (C=O) groups excluding carboxylic acids is 1. The van der Waals surface area contributed by atoms with Crippen LogP contribution in [0.15, 0.2) is 18.6 Å². The number of hydrogen-bond donors (Lipinski definition) is 1. The summed E-state index contributed by atoms with van der Waals surface area (Å²) >= 11 is 5.01. The van der Waals surface area contributed by atoms with Crippen molar-refractivity contribution in [2.24, 2.45) is 5.73 Å². The lowest BCUT2D eigenvalue weighted by molar-refractivity contribution is 0.0675. The highest BCUT2D eigenvalue weighted by Gasteiger charge is 2.29. The molecule has 1 aromatic heterocycles. The summed E-state index contributed by atoms with van der Waals surface area (Å²) in [6.45, 7) is 0.678. The molecule has 2 rings (SSSR count). The van der Waals surface area contributed by atoms with Crippen molar-refractivity contribution in [3.63, 3.8) is 0 Å². The smallest absolute Gasteiger partial charge is 0.274 e. The summed E-state index contributed by atoms with van der Waals surface area (Å²) in [6, 6.07) is -0.145. The maximum absolute atomic E-state index is 12.2. The molecule has 1 aliphatic heterocycles. The van der Waals surface area contributed by atoms with E-state index < -0.39 is 0 Å². The molecule has 0 aliphatic carbocycles. The normalized spacial score (nSPS) is 20.0. The van der Waals surface area contributed by atoms with Crippen LogP contribution in [0.2, 0.25) is 0 Å². The van der Waals surface area contributed by atoms with Crippen molar-refractivity contribution in [1.82, 2.24) is 14.9 Å². The molecule has 5 nitrogen and oxygen atoms in total. The Bertz CT molecular complexity index is 423. The van der Waals surface area contributed by atoms with Crippen molar-refractivity contribution >= 4 is 23.1 Å². The molecule has 2 N–H and O–H groups in total. The number of piperidine rings is 1. The first-order valence-corrected chi connectivity index (χ1v) is 5.97. The van der Waals surface area contributed by atoms with E-state index in [4.69, 9.17) is 18.0 Å². The summed E-state index contributed by atoms with van der Waals surface area (Å²) in [5.74, 6) is -0.143. The third kappa shape index (κ3) is 2.58. The average Bonchev–Trinajstić information content (AvgIpc) is 2.39. The number of amides is 1. The number of rotatable bonds is 2. The summed E-state index contributed by atoms with van der Waals surface area (Å²) < 4.78 is 0. The zero-order valence-corrected chi connectivity index (χ0v) is 10.2. The number of aromatic nitrogens is 2. The summed E-state index contributed by atoms with van der Waals surface area (Å²) in [5.41, 5.74) is 6.02. The molecule has 1 aliphatic rings. The lowest BCUT2D eigenvalue weighted by Gasteiger charge is -2.34. The van der Waals surface area contributed by atoms with Crippen LogP contribution in [-0.4, -0.2) is 38.4 Å². The van der Waals surface area contributed by atoms with E-state index in [2.05, 4.69) is 9.97 Å². The fraction of sp³-hybridized carbons (Fsp3) is 0.455. The quantitative estimate of drug-likeness (QED) is 0.784. The molecule has 0 spiro atoms. The van der Waals surface area contributed by atoms with Gasteiger partial charge in [0.2, 0.25) is 0 Å². The molecule has 17 heavy (non-hydrogen) atoms. The molecular weight excluding hydrogens is 236 g/mol. The van der Waals surface area contributed by atoms with Gasteiger partial charge in [-0.3, -0.25) is 9.78 Å². The van der Waals surface area contributed by atoms with Crippen LogP contribution in [0, 0.1) is 0 Å². The molecule has 1 amide bonds. The lowest BCUT2D eigenvalue weighted by atomic mass is 10.0. The van der Waals surface area contributed by atoms with E-state index in [1.807, 2.05) is 0 Å². The highest BCUT2D eigenvalue weighted by molar-refractivity contribution is 7.80. The molecule has 0 radical (unpaired) electrons. The largest absolute Gasteiger partial charge is 0.392 e. The molecule has 6 heteroatoms. The zero-order valence-electron chi connectivity index (χ0n) is 9.37. The molecule has 1 aromatic rings. The Balaban J connectivity index is 2.20. The minimum absolute atomic E-state index is 0.143. The average molecular weight is 250 g/mol. The van der Waals surface area contributed by atoms with Gasteiger partial charge >= 0.3 is 0 Å². The van der Waals surface area contributed by atoms with Gasteiger partial charge in [0.25, 0.3) is 5.91 Å². The molecule has 0 aromatic carbocycles. The second-order valence-electron chi connectivity index (χ2n) is 4.00. The number of likely N-dealkylation sites (tertiary alicyclic amines) is 1. The van der Waals surface area contributed by atoms with Crippen molar-refractivity contribution in [2.75, 3.05) is 6.54 Å². The Morgan fingerprint density at radius 3 is 2.94 bits per heavy atom. The van der Waals surface area contributed by atoms with Crippen molar-refractivity contribution in [3.8, 4) is 0 Å². The van der Waals surface area contributed by atoms with E-state index in [0.717, 1.165) is 19.3 Å². The van der Waals surface area contributed by atoms with Gasteiger partial charge in [0.05, 0.1) is 17.2 Å². The zero-order chi connectivity index (χ0) is 12.3. The third-order valence-corrected chi connectivity index (χ3v) is 3.15. The minimum atomic E-state index is -0.145. The van der Waals surface area contributed by atoms with Crippen LogP contribution in [0.5, 0.6) is 0 Å². The van der Waals surface area contributed by atoms with Crippen LogP contribution in [0.3, 0.4) is 0 Å². The van der Waals surface area contributed by atoms with E-state index >= 15 is 0 Å². The van der Waals surface area contributed by atoms with Gasteiger partial charge in [0.15, 0.2) is 0 Å². The van der Waals surface area contributed by atoms with Gasteiger partial charge < -0.3 is 10.6 Å². The van der Waals surface area contributed by atoms with Gasteiger partial charge in [-0.25, -0.2) is 4.98 Å². The van der Waals surface area contributed by atoms with Gasteiger partial charge in [0.1, 0.15) is 5.69 Å². The van der Waals surface area contributed by atoms with Crippen molar-refractivity contribution in [2.45, 2.75) is 25.3 Å². The van der Waals surface area contributed by atoms with Crippen LogP contribution in [0.25, 0.3) is 0 Å². The molecule has 90 valence electrons. The molecule has 2 heterocycles. The fourth-order valence-electron chi connectivity index (χ4n) is 2.03. The number of carbonyl (C=O) groups is 1. The van der Waals surface area contributed by atoms with Crippen LogP contribution >= 0.6 is 12.2 Å². The topological polar surface area (TPSA) is 72.1 Å². The van der Waals surface area contributed by atoms with Gasteiger partial charge in [-0.05, 0) is 19.3 Å². The summed E-state index contributed by atoms with van der Waals surface area (Å²) in [7, 11) is 0. The summed E-state index contributed by atoms with van der Waals surface area (Å²) in [4.78, 5) is 22.2. The highest BCUT2D eigenvalue weighted by Crippen LogP contribution is 2.19. The minimum Gasteiger partial charge on any atom is -0.392 e. The maximum atomic E-state index is 12.2. The van der Waals surface area contributed by atoms with Crippen LogP contribution < -0.4 is 5.73 Å². The van der Waals surface area contributed by atoms with Gasteiger partial charge in [-0.15, -0.1) is 0 Å². The van der Waals surface area contributed by atoms with Gasteiger partial charge in [0, 0.05) is 18.9 Å². The van der Waals surface area contributed by atoms with Gasteiger partial charge in [-0.1, -0.05) is 12.2 Å². The Morgan fingerprint density at radius 1 is 1.47 bits per heavy atom. The van der Waals surface area contributed by atoms with Gasteiger partial charge in [-0.2, -0.15) is 0 Å². The Kier molecular flexibility index (Phi) is 3.63. The van der Waals surface area contributed by atoms with E-state index in [1.54, 1.807) is 4.90 Å². The number of hydrogen-bond acceptors (Lipinski definition) is 4. The molecule has 1 fully saturated rings. The summed E-state index contributed by atoms with van der Waals surface area (Å²) in [6.07, 6.45) is 7.37. The van der Waals surface area contributed by atoms with Crippen LogP contribution in [0.1, 0.15) is 29.8 Å². The SMILES string of the molecule is NC(=S)C1CCCCN1C(=O)c1cnccn1. The maximum Gasteiger partial charge on any atom is 0.274 e. The molecule has 1 unspecified atom stereocenters. The second-order valence-corrected chi connectivity index (χ2v) is 4.47. The molecule has 0 bridgehead atoms. The molecule has 1 atom stereocenters. The van der Waals surface area contributed by atoms with Crippen LogP contribution in [0.4, 0.5) is 0 Å². The fourth-order valence-corrected chi connectivity index (χ4v) is 2.27. The standard InChI is InChI=1S/C11H14N4OS/c12-10(17)9-3-1-2-6-15(9)11(16)8-7-13-4-5-14-8/h4-5,7,9H,1-3,6H2,(H2,12,17). The van der Waals surface area contributed by atoms with Crippen molar-refractivity contribution in [3.05, 3.63) is 24.3 Å². The first kappa shape index (κ1) is 11.9. The molecule has 0 saturated carbocycles. The first-order chi connectivity index (χ1) is 8.20. The monoisotopic (exact) mass is 250 g/mol. The van der Waals surface area contributed by atoms with Crippen molar-refractivity contribution in [1.29, 1.82) is 0 Å². The number of nitrogens with two attached hydrogens (primary N) is 1. The third-order valence-electron chi connectivity index (χ3n) is 2.87. The Labute approximate surface area is 105 Å². The van der Waals surface area contributed by atoms with E-state index in [0.29, 0.717) is 17.2 Å². The first-order valence-electron chi connectivity index (χ1n) is 5.56. The van der Waals surface area contributed by atoms with Crippen molar-refractivity contribution < 1.29 is 4.79 Å². The molecular formula is C11H14N4OS. The molecule has 1 saturated heterocycles. The Morgan fingerprint density at radius 2 is 2.29 bits per heavy atom. The van der Waals surface area contributed by atoms with E-state index in [1.165, 1.54) is 18.6 Å². The number of nitrogens with zero attached hydrogens (tertiary/aromatic N) is 3. The van der Waals surface area contributed by atoms with E-state index in [-0.39, 0.29) is 11.9 Å². The van der Waals surface area contributed by atoms with E-state index in [9.17, 15) is 4.79 Å². The lowest BCUT2D eigenvalue weighted by Crippen LogP contribution is -2.50. The number of thiocarbonyl (C=S) groups is 1. The summed E-state index contributed by atoms with van der Waals surface area (Å²) in [5, 5.41) is 0.